The molecule has 0 aliphatic carbocycles. The monoisotopic (exact) mass is 286 g/mol. The molecule has 0 bridgehead atoms. The van der Waals surface area contributed by atoms with E-state index in [1.54, 1.807) is 11.3 Å². The topological polar surface area (TPSA) is 61.4 Å². The zero-order valence-corrected chi connectivity index (χ0v) is 11.7. The predicted molar refractivity (Wildman–Crippen MR) is 76.0 cm³/mol. The molecular weight excluding hydrogens is 268 g/mol. The molecule has 1 fully saturated rings. The van der Waals surface area contributed by atoms with E-state index < -0.39 is 6.10 Å². The van der Waals surface area contributed by atoms with Crippen LogP contribution < -0.4 is 10.6 Å². The van der Waals surface area contributed by atoms with E-state index in [1.165, 1.54) is 0 Å². The Kier molecular flexibility index (Phi) is 5.49. The number of rotatable bonds is 5. The van der Waals surface area contributed by atoms with Gasteiger partial charge in [0.05, 0.1) is 6.10 Å². The van der Waals surface area contributed by atoms with Crippen LogP contribution in [0, 0.1) is 0 Å². The van der Waals surface area contributed by atoms with Crippen molar-refractivity contribution >= 4 is 29.0 Å². The first-order valence-electron chi connectivity index (χ1n) is 6.03. The summed E-state index contributed by atoms with van der Waals surface area (Å²) < 4.78 is 0. The van der Waals surface area contributed by atoms with Gasteiger partial charge in [-0.3, -0.25) is 4.79 Å². The molecule has 1 aromatic heterocycles. The summed E-state index contributed by atoms with van der Waals surface area (Å²) in [6.45, 7) is 1.26. The third-order valence-electron chi connectivity index (χ3n) is 2.85. The van der Waals surface area contributed by atoms with Crippen molar-refractivity contribution < 1.29 is 9.90 Å². The van der Waals surface area contributed by atoms with E-state index >= 15 is 0 Å². The molecule has 0 saturated carbocycles. The standard InChI is InChI=1S/C12H18N2O2S2/c15-11(9-1-3-17-7-9)6-14-12(16)5-10-8-18-4-2-13-10/h1,3,7,10-11,13,15H,2,4-6,8H2,(H,14,16). The fourth-order valence-corrected chi connectivity index (χ4v) is 3.50. The lowest BCUT2D eigenvalue weighted by atomic mass is 10.2. The Morgan fingerprint density at radius 2 is 2.56 bits per heavy atom. The molecule has 1 amide bonds. The van der Waals surface area contributed by atoms with Crippen molar-refractivity contribution in [3.8, 4) is 0 Å². The number of nitrogens with one attached hydrogen (secondary N) is 2. The second kappa shape index (κ2) is 7.13. The third-order valence-corrected chi connectivity index (χ3v) is 4.68. The normalized spacial score (nSPS) is 21.5. The number of carbonyl (C=O) groups is 1. The van der Waals surface area contributed by atoms with Crippen LogP contribution in [0.3, 0.4) is 0 Å². The van der Waals surface area contributed by atoms with Crippen LogP contribution in [0.5, 0.6) is 0 Å². The summed E-state index contributed by atoms with van der Waals surface area (Å²) in [4.78, 5) is 11.7. The van der Waals surface area contributed by atoms with Crippen LogP contribution in [0.15, 0.2) is 16.8 Å². The van der Waals surface area contributed by atoms with Crippen LogP contribution in [0.1, 0.15) is 18.1 Å². The number of aliphatic hydroxyl groups excluding tert-OH is 1. The first-order chi connectivity index (χ1) is 8.75. The Balaban J connectivity index is 1.68. The van der Waals surface area contributed by atoms with Gasteiger partial charge in [-0.1, -0.05) is 0 Å². The van der Waals surface area contributed by atoms with Crippen molar-refractivity contribution in [2.75, 3.05) is 24.6 Å². The SMILES string of the molecule is O=C(CC1CSCCN1)NCC(O)c1ccsc1. The molecule has 2 rings (SSSR count). The minimum atomic E-state index is -0.603. The summed E-state index contributed by atoms with van der Waals surface area (Å²) in [6, 6.07) is 2.14. The average Bonchev–Trinajstić information content (AvgIpc) is 2.91. The van der Waals surface area contributed by atoms with E-state index in [0.29, 0.717) is 6.42 Å². The zero-order chi connectivity index (χ0) is 12.8. The van der Waals surface area contributed by atoms with E-state index in [0.717, 1.165) is 23.6 Å². The van der Waals surface area contributed by atoms with Crippen LogP contribution in [0.25, 0.3) is 0 Å². The molecule has 3 N–H and O–H groups in total. The van der Waals surface area contributed by atoms with Crippen molar-refractivity contribution in [3.63, 3.8) is 0 Å². The first kappa shape index (κ1) is 13.9. The smallest absolute Gasteiger partial charge is 0.221 e. The molecule has 1 saturated heterocycles. The largest absolute Gasteiger partial charge is 0.387 e. The molecule has 4 nitrogen and oxygen atoms in total. The minimum absolute atomic E-state index is 0.00396. The molecule has 0 radical (unpaired) electrons. The van der Waals surface area contributed by atoms with Gasteiger partial charge in [0.25, 0.3) is 0 Å². The maximum Gasteiger partial charge on any atom is 0.221 e. The van der Waals surface area contributed by atoms with Crippen LogP contribution in [-0.4, -0.2) is 41.7 Å². The second-order valence-electron chi connectivity index (χ2n) is 4.31. The van der Waals surface area contributed by atoms with Crippen molar-refractivity contribution in [2.24, 2.45) is 0 Å². The highest BCUT2D eigenvalue weighted by Crippen LogP contribution is 2.15. The van der Waals surface area contributed by atoms with Gasteiger partial charge in [0.2, 0.25) is 5.91 Å². The summed E-state index contributed by atoms with van der Waals surface area (Å²) in [5.74, 6) is 2.11. The van der Waals surface area contributed by atoms with E-state index in [9.17, 15) is 9.90 Å². The van der Waals surface area contributed by atoms with Crippen molar-refractivity contribution in [3.05, 3.63) is 22.4 Å². The summed E-state index contributed by atoms with van der Waals surface area (Å²) in [5.41, 5.74) is 0.867. The molecule has 1 aliphatic heterocycles. The van der Waals surface area contributed by atoms with Crippen molar-refractivity contribution in [1.82, 2.24) is 10.6 Å². The van der Waals surface area contributed by atoms with E-state index in [1.807, 2.05) is 28.6 Å². The highest BCUT2D eigenvalue weighted by Gasteiger charge is 2.17. The van der Waals surface area contributed by atoms with E-state index in [2.05, 4.69) is 10.6 Å². The molecule has 1 aliphatic rings. The Labute approximate surface area is 115 Å². The molecule has 100 valence electrons. The van der Waals surface area contributed by atoms with Gasteiger partial charge in [0.15, 0.2) is 0 Å². The summed E-state index contributed by atoms with van der Waals surface area (Å²) in [6.07, 6.45) is -0.113. The zero-order valence-electron chi connectivity index (χ0n) is 10.1. The van der Waals surface area contributed by atoms with Gasteiger partial charge in [-0.25, -0.2) is 0 Å². The van der Waals surface area contributed by atoms with Gasteiger partial charge in [0, 0.05) is 37.1 Å². The lowest BCUT2D eigenvalue weighted by molar-refractivity contribution is -0.121. The number of thiophene rings is 1. The predicted octanol–water partition coefficient (Wildman–Crippen LogP) is 0.993. The molecule has 0 spiro atoms. The fraction of sp³-hybridized carbons (Fsp3) is 0.583. The summed E-state index contributed by atoms with van der Waals surface area (Å²) >= 11 is 3.42. The van der Waals surface area contributed by atoms with Gasteiger partial charge in [0.1, 0.15) is 0 Å². The molecule has 2 heterocycles. The van der Waals surface area contributed by atoms with E-state index in [-0.39, 0.29) is 18.5 Å². The number of amides is 1. The Bertz CT molecular complexity index is 364. The Morgan fingerprint density at radius 3 is 3.22 bits per heavy atom. The first-order valence-corrected chi connectivity index (χ1v) is 8.13. The van der Waals surface area contributed by atoms with Gasteiger partial charge < -0.3 is 15.7 Å². The third kappa shape index (κ3) is 4.28. The number of hydrogen-bond donors (Lipinski definition) is 3. The molecule has 0 aromatic carbocycles. The average molecular weight is 286 g/mol. The fourth-order valence-electron chi connectivity index (χ4n) is 1.84. The molecule has 2 unspecified atom stereocenters. The minimum Gasteiger partial charge on any atom is -0.387 e. The maximum absolute atomic E-state index is 11.7. The lowest BCUT2D eigenvalue weighted by Gasteiger charge is -2.22. The van der Waals surface area contributed by atoms with Crippen molar-refractivity contribution in [1.29, 1.82) is 0 Å². The van der Waals surface area contributed by atoms with Crippen LogP contribution >= 0.6 is 23.1 Å². The highest BCUT2D eigenvalue weighted by atomic mass is 32.2. The Morgan fingerprint density at radius 1 is 1.67 bits per heavy atom. The van der Waals surface area contributed by atoms with Crippen LogP contribution in [-0.2, 0) is 4.79 Å². The number of aliphatic hydroxyl groups is 1. The summed E-state index contributed by atoms with van der Waals surface area (Å²) in [5, 5.41) is 19.8. The summed E-state index contributed by atoms with van der Waals surface area (Å²) in [7, 11) is 0. The second-order valence-corrected chi connectivity index (χ2v) is 6.24. The number of carbonyl (C=O) groups excluding carboxylic acids is 1. The van der Waals surface area contributed by atoms with Gasteiger partial charge in [-0.15, -0.1) is 0 Å². The molecule has 18 heavy (non-hydrogen) atoms. The van der Waals surface area contributed by atoms with Crippen LogP contribution in [0.2, 0.25) is 0 Å². The molecular formula is C12H18N2O2S2. The number of hydrogen-bond acceptors (Lipinski definition) is 5. The van der Waals surface area contributed by atoms with Gasteiger partial charge in [-0.05, 0) is 22.4 Å². The van der Waals surface area contributed by atoms with Crippen molar-refractivity contribution in [2.45, 2.75) is 18.6 Å². The number of thioether (sulfide) groups is 1. The lowest BCUT2D eigenvalue weighted by Crippen LogP contribution is -2.41. The molecule has 2 atom stereocenters. The Hall–Kier alpha value is -0.560. The van der Waals surface area contributed by atoms with Gasteiger partial charge in [-0.2, -0.15) is 23.1 Å². The van der Waals surface area contributed by atoms with E-state index in [4.69, 9.17) is 0 Å². The molecule has 6 heteroatoms. The molecule has 1 aromatic rings. The van der Waals surface area contributed by atoms with Crippen LogP contribution in [0.4, 0.5) is 0 Å². The maximum atomic E-state index is 11.7. The highest BCUT2D eigenvalue weighted by molar-refractivity contribution is 7.99. The van der Waals surface area contributed by atoms with Gasteiger partial charge >= 0.3 is 0 Å². The quantitative estimate of drug-likeness (QED) is 0.755.